The van der Waals surface area contributed by atoms with Crippen LogP contribution in [0.25, 0.3) is 22.3 Å². The quantitative estimate of drug-likeness (QED) is 0.507. The van der Waals surface area contributed by atoms with Crippen LogP contribution >= 0.6 is 15.9 Å². The number of halogens is 1. The second kappa shape index (κ2) is 5.87. The second-order valence-electron chi connectivity index (χ2n) is 5.37. The summed E-state index contributed by atoms with van der Waals surface area (Å²) < 4.78 is 1.20. The van der Waals surface area contributed by atoms with Crippen molar-refractivity contribution in [2.75, 3.05) is 0 Å². The summed E-state index contributed by atoms with van der Waals surface area (Å²) in [6.07, 6.45) is 0. The first-order chi connectivity index (χ1) is 10.1. The number of rotatable bonds is 2. The van der Waals surface area contributed by atoms with E-state index in [1.54, 1.807) is 0 Å². The van der Waals surface area contributed by atoms with Gasteiger partial charge >= 0.3 is 0 Å². The van der Waals surface area contributed by atoms with E-state index in [1.807, 2.05) is 6.07 Å². The van der Waals surface area contributed by atoms with Crippen molar-refractivity contribution in [3.8, 4) is 22.3 Å². The molecule has 0 atom stereocenters. The third-order valence-corrected chi connectivity index (χ3v) is 5.01. The van der Waals surface area contributed by atoms with Crippen molar-refractivity contribution in [3.05, 3.63) is 82.3 Å². The highest BCUT2D eigenvalue weighted by Crippen LogP contribution is 2.30. The molecular formula is C20H17Br. The highest BCUT2D eigenvalue weighted by Gasteiger charge is 2.05. The first kappa shape index (κ1) is 14.1. The molecule has 0 amide bonds. The summed E-state index contributed by atoms with van der Waals surface area (Å²) >= 11 is 3.63. The fourth-order valence-corrected chi connectivity index (χ4v) is 2.83. The molecule has 0 unspecified atom stereocenters. The molecule has 0 aliphatic carbocycles. The molecule has 0 fully saturated rings. The minimum Gasteiger partial charge on any atom is -0.0622 e. The summed E-state index contributed by atoms with van der Waals surface area (Å²) in [7, 11) is 0. The number of hydrogen-bond donors (Lipinski definition) is 0. The average Bonchev–Trinajstić information content (AvgIpc) is 2.53. The van der Waals surface area contributed by atoms with Crippen molar-refractivity contribution >= 4 is 15.9 Å². The zero-order valence-electron chi connectivity index (χ0n) is 12.2. The Morgan fingerprint density at radius 3 is 1.52 bits per heavy atom. The van der Waals surface area contributed by atoms with Gasteiger partial charge in [0, 0.05) is 4.47 Å². The van der Waals surface area contributed by atoms with Crippen LogP contribution < -0.4 is 0 Å². The maximum Gasteiger partial charge on any atom is 0.0234 e. The lowest BCUT2D eigenvalue weighted by Gasteiger charge is -2.09. The van der Waals surface area contributed by atoms with Crippen molar-refractivity contribution in [3.63, 3.8) is 0 Å². The Morgan fingerprint density at radius 1 is 0.571 bits per heavy atom. The summed E-state index contributed by atoms with van der Waals surface area (Å²) in [6.45, 7) is 4.28. The van der Waals surface area contributed by atoms with Crippen molar-refractivity contribution in [2.24, 2.45) is 0 Å². The molecule has 104 valence electrons. The molecule has 0 spiro atoms. The van der Waals surface area contributed by atoms with E-state index in [4.69, 9.17) is 0 Å². The van der Waals surface area contributed by atoms with Crippen LogP contribution in [0.1, 0.15) is 11.1 Å². The highest BCUT2D eigenvalue weighted by molar-refractivity contribution is 9.10. The molecule has 0 aromatic heterocycles. The van der Waals surface area contributed by atoms with Gasteiger partial charge < -0.3 is 0 Å². The van der Waals surface area contributed by atoms with E-state index in [9.17, 15) is 0 Å². The van der Waals surface area contributed by atoms with Crippen LogP contribution in [0.3, 0.4) is 0 Å². The van der Waals surface area contributed by atoms with Gasteiger partial charge in [0.1, 0.15) is 0 Å². The lowest BCUT2D eigenvalue weighted by molar-refractivity contribution is 1.34. The van der Waals surface area contributed by atoms with Crippen molar-refractivity contribution in [1.82, 2.24) is 0 Å². The van der Waals surface area contributed by atoms with E-state index in [0.717, 1.165) is 0 Å². The Hall–Kier alpha value is -1.86. The van der Waals surface area contributed by atoms with Gasteiger partial charge in [-0.3, -0.25) is 0 Å². The van der Waals surface area contributed by atoms with E-state index in [2.05, 4.69) is 90.4 Å². The van der Waals surface area contributed by atoms with Gasteiger partial charge in [0.15, 0.2) is 0 Å². The number of aryl methyl sites for hydroxylation is 2. The predicted molar refractivity (Wildman–Crippen MR) is 94.5 cm³/mol. The largest absolute Gasteiger partial charge is 0.0622 e. The Morgan fingerprint density at radius 2 is 1.00 bits per heavy atom. The molecule has 0 aliphatic rings. The Labute approximate surface area is 134 Å². The average molecular weight is 337 g/mol. The molecule has 0 aliphatic heterocycles. The fraction of sp³-hybridized carbons (Fsp3) is 0.100. The van der Waals surface area contributed by atoms with Crippen LogP contribution in [0.15, 0.2) is 71.2 Å². The van der Waals surface area contributed by atoms with Gasteiger partial charge in [0.25, 0.3) is 0 Å². The summed E-state index contributed by atoms with van der Waals surface area (Å²) in [5.74, 6) is 0. The van der Waals surface area contributed by atoms with Gasteiger partial charge in [0.05, 0.1) is 0 Å². The van der Waals surface area contributed by atoms with E-state index in [-0.39, 0.29) is 0 Å². The molecule has 21 heavy (non-hydrogen) atoms. The van der Waals surface area contributed by atoms with Gasteiger partial charge in [-0.05, 0) is 47.2 Å². The van der Waals surface area contributed by atoms with Gasteiger partial charge in [-0.15, -0.1) is 0 Å². The first-order valence-electron chi connectivity index (χ1n) is 7.08. The first-order valence-corrected chi connectivity index (χ1v) is 7.87. The van der Waals surface area contributed by atoms with Crippen LogP contribution in [0.5, 0.6) is 0 Å². The maximum absolute atomic E-state index is 3.63. The molecule has 0 heterocycles. The van der Waals surface area contributed by atoms with Gasteiger partial charge in [-0.2, -0.15) is 0 Å². The molecule has 0 bridgehead atoms. The third kappa shape index (κ3) is 2.93. The van der Waals surface area contributed by atoms with Crippen molar-refractivity contribution in [2.45, 2.75) is 13.8 Å². The smallest absolute Gasteiger partial charge is 0.0234 e. The Balaban J connectivity index is 1.98. The van der Waals surface area contributed by atoms with E-state index < -0.39 is 0 Å². The van der Waals surface area contributed by atoms with Crippen LogP contribution in [-0.2, 0) is 0 Å². The molecule has 3 rings (SSSR count). The number of hydrogen-bond acceptors (Lipinski definition) is 0. The molecule has 3 aromatic carbocycles. The third-order valence-electron chi connectivity index (χ3n) is 3.76. The van der Waals surface area contributed by atoms with E-state index >= 15 is 0 Å². The zero-order chi connectivity index (χ0) is 14.8. The Bertz CT molecular complexity index is 733. The zero-order valence-corrected chi connectivity index (χ0v) is 13.8. The SMILES string of the molecule is Cc1cc(-c2ccc(-c3ccccc3)cc2)cc(C)c1Br. The monoisotopic (exact) mass is 336 g/mol. The maximum atomic E-state index is 3.63. The molecular weight excluding hydrogens is 320 g/mol. The van der Waals surface area contributed by atoms with Gasteiger partial charge in [-0.1, -0.05) is 82.7 Å². The van der Waals surface area contributed by atoms with Crippen LogP contribution in [0.2, 0.25) is 0 Å². The second-order valence-corrected chi connectivity index (χ2v) is 6.16. The fourth-order valence-electron chi connectivity index (χ4n) is 2.60. The minimum absolute atomic E-state index is 1.20. The Kier molecular flexibility index (Phi) is 3.94. The predicted octanol–water partition coefficient (Wildman–Crippen LogP) is 6.40. The van der Waals surface area contributed by atoms with Crippen LogP contribution in [-0.4, -0.2) is 0 Å². The molecule has 0 N–H and O–H groups in total. The lowest BCUT2D eigenvalue weighted by atomic mass is 9.98. The van der Waals surface area contributed by atoms with E-state index in [1.165, 1.54) is 37.9 Å². The van der Waals surface area contributed by atoms with E-state index in [0.29, 0.717) is 0 Å². The lowest BCUT2D eigenvalue weighted by Crippen LogP contribution is -1.86. The molecule has 1 heteroatoms. The van der Waals surface area contributed by atoms with Crippen LogP contribution in [0, 0.1) is 13.8 Å². The minimum atomic E-state index is 1.20. The number of benzene rings is 3. The van der Waals surface area contributed by atoms with Gasteiger partial charge in [-0.25, -0.2) is 0 Å². The normalized spacial score (nSPS) is 10.6. The van der Waals surface area contributed by atoms with Crippen LogP contribution in [0.4, 0.5) is 0 Å². The standard InChI is InChI=1S/C20H17Br/c1-14-12-19(13-15(2)20(14)21)18-10-8-17(9-11-18)16-6-4-3-5-7-16/h3-13H,1-2H3. The molecule has 3 aromatic rings. The van der Waals surface area contributed by atoms with Crippen molar-refractivity contribution in [1.29, 1.82) is 0 Å². The summed E-state index contributed by atoms with van der Waals surface area (Å²) in [5.41, 5.74) is 7.59. The molecule has 0 saturated carbocycles. The van der Waals surface area contributed by atoms with Crippen molar-refractivity contribution < 1.29 is 0 Å². The topological polar surface area (TPSA) is 0 Å². The summed E-state index contributed by atoms with van der Waals surface area (Å²) in [6, 6.07) is 23.7. The van der Waals surface area contributed by atoms with Gasteiger partial charge in [0.2, 0.25) is 0 Å². The summed E-state index contributed by atoms with van der Waals surface area (Å²) in [4.78, 5) is 0. The molecule has 0 nitrogen and oxygen atoms in total. The molecule has 0 saturated heterocycles. The summed E-state index contributed by atoms with van der Waals surface area (Å²) in [5, 5.41) is 0. The molecule has 0 radical (unpaired) electrons. The highest BCUT2D eigenvalue weighted by atomic mass is 79.9.